The highest BCUT2D eigenvalue weighted by molar-refractivity contribution is 5.84. The van der Waals surface area contributed by atoms with Gasteiger partial charge in [0, 0.05) is 11.9 Å². The van der Waals surface area contributed by atoms with Crippen LogP contribution in [0.5, 0.6) is 0 Å². The number of nitriles is 1. The quantitative estimate of drug-likeness (QED) is 0.912. The van der Waals surface area contributed by atoms with Crippen LogP contribution in [0.25, 0.3) is 0 Å². The van der Waals surface area contributed by atoms with Crippen molar-refractivity contribution in [3.63, 3.8) is 0 Å². The van der Waals surface area contributed by atoms with Gasteiger partial charge >= 0.3 is 6.09 Å². The van der Waals surface area contributed by atoms with Gasteiger partial charge in [-0.2, -0.15) is 5.26 Å². The van der Waals surface area contributed by atoms with Gasteiger partial charge in [-0.1, -0.05) is 30.3 Å². The van der Waals surface area contributed by atoms with Gasteiger partial charge in [-0.25, -0.2) is 9.78 Å². The second-order valence-electron chi connectivity index (χ2n) is 3.73. The van der Waals surface area contributed by atoms with E-state index in [1.54, 1.807) is 6.07 Å². The van der Waals surface area contributed by atoms with Crippen LogP contribution in [0.3, 0.4) is 0 Å². The molecule has 0 aliphatic rings. The molecule has 0 unspecified atom stereocenters. The summed E-state index contributed by atoms with van der Waals surface area (Å²) in [6.45, 7) is 0.197. The number of aromatic nitrogens is 1. The summed E-state index contributed by atoms with van der Waals surface area (Å²) in [5.41, 5.74) is 1.62. The number of carbonyl (C=O) groups excluding carboxylic acids is 1. The van der Waals surface area contributed by atoms with Gasteiger partial charge in [0.25, 0.3) is 0 Å². The van der Waals surface area contributed by atoms with Crippen molar-refractivity contribution in [1.82, 2.24) is 4.98 Å². The second-order valence-corrected chi connectivity index (χ2v) is 3.73. The Labute approximate surface area is 110 Å². The zero-order valence-electron chi connectivity index (χ0n) is 10.0. The van der Waals surface area contributed by atoms with Gasteiger partial charge in [0.1, 0.15) is 18.4 Å². The molecule has 1 aromatic heterocycles. The van der Waals surface area contributed by atoms with E-state index in [9.17, 15) is 4.79 Å². The molecule has 0 atom stereocenters. The second kappa shape index (κ2) is 6.17. The molecule has 2 aromatic rings. The molecule has 1 aromatic carbocycles. The highest BCUT2D eigenvalue weighted by Gasteiger charge is 2.04. The van der Waals surface area contributed by atoms with Gasteiger partial charge in [0.2, 0.25) is 0 Å². The van der Waals surface area contributed by atoms with E-state index in [2.05, 4.69) is 10.3 Å². The smallest absolute Gasteiger partial charge is 0.411 e. The number of anilines is 1. The number of carbonyl (C=O) groups is 1. The van der Waals surface area contributed by atoms with Crippen LogP contribution in [-0.4, -0.2) is 11.1 Å². The van der Waals surface area contributed by atoms with Crippen LogP contribution in [0.1, 0.15) is 11.3 Å². The molecule has 2 rings (SSSR count). The summed E-state index contributed by atoms with van der Waals surface area (Å²) >= 11 is 0. The van der Waals surface area contributed by atoms with E-state index < -0.39 is 6.09 Å². The summed E-state index contributed by atoms with van der Waals surface area (Å²) < 4.78 is 5.05. The third kappa shape index (κ3) is 3.82. The van der Waals surface area contributed by atoms with Gasteiger partial charge in [-0.3, -0.25) is 5.32 Å². The SMILES string of the molecule is N#Cc1cc(NC(=O)OCc2ccccc2)ccn1. The Morgan fingerprint density at radius 3 is 2.84 bits per heavy atom. The van der Waals surface area contributed by atoms with Crippen molar-refractivity contribution in [3.8, 4) is 6.07 Å². The molecule has 0 aliphatic heterocycles. The Kier molecular flexibility index (Phi) is 4.09. The Morgan fingerprint density at radius 2 is 2.11 bits per heavy atom. The predicted molar refractivity (Wildman–Crippen MR) is 69.2 cm³/mol. The fraction of sp³-hybridized carbons (Fsp3) is 0.0714. The maximum Gasteiger partial charge on any atom is 0.411 e. The summed E-state index contributed by atoms with van der Waals surface area (Å²) in [6, 6.07) is 14.3. The van der Waals surface area contributed by atoms with Crippen LogP contribution < -0.4 is 5.32 Å². The molecule has 0 aliphatic carbocycles. The van der Waals surface area contributed by atoms with Crippen LogP contribution in [0, 0.1) is 11.3 Å². The molecule has 0 spiro atoms. The number of pyridine rings is 1. The Balaban J connectivity index is 1.89. The lowest BCUT2D eigenvalue weighted by molar-refractivity contribution is 0.155. The third-order valence-electron chi connectivity index (χ3n) is 2.33. The first-order chi connectivity index (χ1) is 9.28. The molecule has 0 bridgehead atoms. The number of benzene rings is 1. The summed E-state index contributed by atoms with van der Waals surface area (Å²) in [5.74, 6) is 0. The molecule has 5 heteroatoms. The van der Waals surface area contributed by atoms with Gasteiger partial charge in [-0.15, -0.1) is 0 Å². The maximum absolute atomic E-state index is 11.5. The van der Waals surface area contributed by atoms with Crippen molar-refractivity contribution in [3.05, 3.63) is 59.9 Å². The summed E-state index contributed by atoms with van der Waals surface area (Å²) in [7, 11) is 0. The van der Waals surface area contributed by atoms with Crippen LogP contribution in [-0.2, 0) is 11.3 Å². The molecule has 1 N–H and O–H groups in total. The lowest BCUT2D eigenvalue weighted by Crippen LogP contribution is -2.13. The summed E-state index contributed by atoms with van der Waals surface area (Å²) in [4.78, 5) is 15.4. The van der Waals surface area contributed by atoms with Crippen molar-refractivity contribution in [1.29, 1.82) is 5.26 Å². The van der Waals surface area contributed by atoms with E-state index in [-0.39, 0.29) is 12.3 Å². The van der Waals surface area contributed by atoms with E-state index in [1.807, 2.05) is 36.4 Å². The van der Waals surface area contributed by atoms with Crippen molar-refractivity contribution >= 4 is 11.8 Å². The number of nitrogens with zero attached hydrogens (tertiary/aromatic N) is 2. The highest BCUT2D eigenvalue weighted by atomic mass is 16.5. The molecular formula is C14H11N3O2. The fourth-order valence-corrected chi connectivity index (χ4v) is 1.45. The standard InChI is InChI=1S/C14H11N3O2/c15-9-13-8-12(6-7-16-13)17-14(18)19-10-11-4-2-1-3-5-11/h1-8H,10H2,(H,16,17,18). The monoisotopic (exact) mass is 253 g/mol. The summed E-state index contributed by atoms with van der Waals surface area (Å²) in [5, 5.41) is 11.2. The number of hydrogen-bond acceptors (Lipinski definition) is 4. The van der Waals surface area contributed by atoms with E-state index >= 15 is 0 Å². The molecule has 19 heavy (non-hydrogen) atoms. The van der Waals surface area contributed by atoms with Crippen molar-refractivity contribution in [2.75, 3.05) is 5.32 Å². The molecule has 0 fully saturated rings. The number of ether oxygens (including phenoxy) is 1. The molecular weight excluding hydrogens is 242 g/mol. The zero-order chi connectivity index (χ0) is 13.5. The Morgan fingerprint density at radius 1 is 1.32 bits per heavy atom. The van der Waals surface area contributed by atoms with Gasteiger partial charge in [0.05, 0.1) is 0 Å². The average Bonchev–Trinajstić information content (AvgIpc) is 2.46. The van der Waals surface area contributed by atoms with Gasteiger partial charge in [-0.05, 0) is 17.7 Å². The molecule has 94 valence electrons. The first-order valence-electron chi connectivity index (χ1n) is 5.62. The van der Waals surface area contributed by atoms with Crippen molar-refractivity contribution < 1.29 is 9.53 Å². The summed E-state index contributed by atoms with van der Waals surface area (Å²) in [6.07, 6.45) is 0.879. The minimum Gasteiger partial charge on any atom is -0.444 e. The van der Waals surface area contributed by atoms with E-state index in [0.29, 0.717) is 5.69 Å². The largest absolute Gasteiger partial charge is 0.444 e. The molecule has 0 saturated carbocycles. The number of amides is 1. The lowest BCUT2D eigenvalue weighted by atomic mass is 10.2. The van der Waals surface area contributed by atoms with E-state index in [4.69, 9.17) is 10.00 Å². The number of rotatable bonds is 3. The molecule has 5 nitrogen and oxygen atoms in total. The molecule has 0 radical (unpaired) electrons. The molecule has 1 amide bonds. The van der Waals surface area contributed by atoms with E-state index in [1.165, 1.54) is 12.3 Å². The minimum absolute atomic E-state index is 0.197. The lowest BCUT2D eigenvalue weighted by Gasteiger charge is -2.06. The van der Waals surface area contributed by atoms with Gasteiger partial charge < -0.3 is 4.74 Å². The van der Waals surface area contributed by atoms with Crippen LogP contribution in [0.4, 0.5) is 10.5 Å². The first kappa shape index (κ1) is 12.6. The average molecular weight is 253 g/mol. The number of hydrogen-bond donors (Lipinski definition) is 1. The van der Waals surface area contributed by atoms with E-state index in [0.717, 1.165) is 5.56 Å². The van der Waals surface area contributed by atoms with Gasteiger partial charge in [0.15, 0.2) is 0 Å². The van der Waals surface area contributed by atoms with Crippen molar-refractivity contribution in [2.45, 2.75) is 6.61 Å². The third-order valence-corrected chi connectivity index (χ3v) is 2.33. The first-order valence-corrected chi connectivity index (χ1v) is 5.62. The topological polar surface area (TPSA) is 75.0 Å². The molecule has 0 saturated heterocycles. The minimum atomic E-state index is -0.570. The zero-order valence-corrected chi connectivity index (χ0v) is 10.0. The Bertz CT molecular complexity index is 606. The number of nitrogens with one attached hydrogen (secondary N) is 1. The normalized spacial score (nSPS) is 9.42. The van der Waals surface area contributed by atoms with Crippen molar-refractivity contribution in [2.24, 2.45) is 0 Å². The van der Waals surface area contributed by atoms with Crippen LogP contribution in [0.2, 0.25) is 0 Å². The maximum atomic E-state index is 11.5. The molecule has 1 heterocycles. The highest BCUT2D eigenvalue weighted by Crippen LogP contribution is 2.08. The predicted octanol–water partition coefficient (Wildman–Crippen LogP) is 2.70. The Hall–Kier alpha value is -2.87. The van der Waals surface area contributed by atoms with Crippen LogP contribution in [0.15, 0.2) is 48.7 Å². The van der Waals surface area contributed by atoms with Crippen LogP contribution >= 0.6 is 0 Å². The fourth-order valence-electron chi connectivity index (χ4n) is 1.45.